The highest BCUT2D eigenvalue weighted by molar-refractivity contribution is 7.91. The third-order valence-corrected chi connectivity index (χ3v) is 13.4. The first-order valence-electron chi connectivity index (χ1n) is 18.9. The Morgan fingerprint density at radius 3 is 2.50 bits per heavy atom. The van der Waals surface area contributed by atoms with Gasteiger partial charge in [-0.25, -0.2) is 18.2 Å². The molecular formula is C37H42F5N5O10S. The number of ether oxygens (including phenoxy) is 3. The quantitative estimate of drug-likeness (QED) is 0.259. The minimum Gasteiger partial charge on any atom is -0.472 e. The molecule has 15 nitrogen and oxygen atoms in total. The molecular weight excluding hydrogens is 801 g/mol. The first-order valence-corrected chi connectivity index (χ1v) is 20.4. The molecule has 2 saturated carbocycles. The molecule has 0 bridgehead atoms. The summed E-state index contributed by atoms with van der Waals surface area (Å²) in [5.74, 6) is -5.67. The molecule has 1 aromatic heterocycles. The summed E-state index contributed by atoms with van der Waals surface area (Å²) in [6.07, 6.45) is -6.15. The number of aromatic nitrogens is 1. The number of fused-ring (bicyclic) bond motifs is 5. The maximum absolute atomic E-state index is 14.8. The second kappa shape index (κ2) is 14.7. The van der Waals surface area contributed by atoms with Crippen LogP contribution < -0.4 is 24.2 Å². The van der Waals surface area contributed by atoms with Crippen molar-refractivity contribution in [3.8, 4) is 17.4 Å². The Balaban J connectivity index is 1.27. The number of halogens is 5. The van der Waals surface area contributed by atoms with Crippen LogP contribution in [0.5, 0.6) is 17.4 Å². The van der Waals surface area contributed by atoms with E-state index in [2.05, 4.69) is 24.5 Å². The average molecular weight is 844 g/mol. The molecule has 3 fully saturated rings. The Hall–Kier alpha value is -4.95. The topological polar surface area (TPSA) is 194 Å². The molecule has 8 atom stereocenters. The second-order valence-corrected chi connectivity index (χ2v) is 17.8. The molecule has 3 N–H and O–H groups in total. The van der Waals surface area contributed by atoms with E-state index in [4.69, 9.17) is 4.74 Å². The molecule has 0 spiro atoms. The summed E-state index contributed by atoms with van der Waals surface area (Å²) >= 11 is 0. The van der Waals surface area contributed by atoms with Crippen LogP contribution in [-0.2, 0) is 24.4 Å². The molecule has 3 aliphatic heterocycles. The number of hydrogen-bond donors (Lipinski definition) is 3. The first kappa shape index (κ1) is 41.2. The number of pyridine rings is 1. The number of nitrogens with one attached hydrogen (secondary N) is 2. The predicted molar refractivity (Wildman–Crippen MR) is 192 cm³/mol. The monoisotopic (exact) mass is 843 g/mol. The second-order valence-electron chi connectivity index (χ2n) is 15.9. The van der Waals surface area contributed by atoms with Gasteiger partial charge in [0.05, 0.1) is 11.8 Å². The van der Waals surface area contributed by atoms with E-state index in [1.165, 1.54) is 31.3 Å². The van der Waals surface area contributed by atoms with Crippen LogP contribution in [0.2, 0.25) is 0 Å². The number of sulfonamides is 1. The highest BCUT2D eigenvalue weighted by Gasteiger charge is 2.62. The van der Waals surface area contributed by atoms with Crippen molar-refractivity contribution in [1.29, 1.82) is 0 Å². The van der Waals surface area contributed by atoms with E-state index in [-0.39, 0.29) is 58.2 Å². The summed E-state index contributed by atoms with van der Waals surface area (Å²) in [4.78, 5) is 60.9. The Labute approximate surface area is 329 Å². The van der Waals surface area contributed by atoms with E-state index in [9.17, 15) is 54.7 Å². The van der Waals surface area contributed by atoms with Crippen molar-refractivity contribution in [2.45, 2.75) is 113 Å². The SMILES string of the molecule is C[C@@H]1CCC=C[C@@H]2C[C@@]2(C(=O)NS(=O)(=O)C2CC2)NC(=O)[C@@H]2C[C@@H](Oc3nccc4c5c(ccc34)OC(F)(F)O5)CN2C(=O)[C@@H](N(C(=O)O)[C@H](C)C(F)(F)F)[C@H](C)C1. The van der Waals surface area contributed by atoms with Gasteiger partial charge in [-0.15, -0.1) is 8.78 Å². The van der Waals surface area contributed by atoms with Crippen molar-refractivity contribution in [3.05, 3.63) is 36.5 Å². The maximum atomic E-state index is 14.8. The van der Waals surface area contributed by atoms with Crippen LogP contribution in [-0.4, -0.2) is 106 Å². The van der Waals surface area contributed by atoms with E-state index in [1.807, 2.05) is 0 Å². The van der Waals surface area contributed by atoms with Gasteiger partial charge < -0.3 is 29.5 Å². The summed E-state index contributed by atoms with van der Waals surface area (Å²) in [5.41, 5.74) is -1.76. The number of carboxylic acid groups (broad SMARTS) is 1. The summed E-state index contributed by atoms with van der Waals surface area (Å²) in [6, 6.07) is -2.23. The van der Waals surface area contributed by atoms with Gasteiger partial charge >= 0.3 is 18.6 Å². The number of nitrogens with zero attached hydrogens (tertiary/aromatic N) is 3. The lowest BCUT2D eigenvalue weighted by Crippen LogP contribution is -2.62. The van der Waals surface area contributed by atoms with Crippen LogP contribution in [0.3, 0.4) is 0 Å². The predicted octanol–water partition coefficient (Wildman–Crippen LogP) is 4.70. The number of rotatable bonds is 7. The molecule has 4 amide bonds. The van der Waals surface area contributed by atoms with E-state index >= 15 is 0 Å². The highest BCUT2D eigenvalue weighted by Crippen LogP contribution is 2.48. The van der Waals surface area contributed by atoms with Gasteiger partial charge in [0.15, 0.2) is 11.5 Å². The Morgan fingerprint density at radius 1 is 1.10 bits per heavy atom. The van der Waals surface area contributed by atoms with Crippen LogP contribution in [0.4, 0.5) is 26.7 Å². The Bertz CT molecular complexity index is 2150. The molecule has 2 aliphatic carbocycles. The zero-order valence-corrected chi connectivity index (χ0v) is 32.3. The molecule has 1 saturated heterocycles. The molecule has 1 aromatic carbocycles. The number of amides is 4. The lowest BCUT2D eigenvalue weighted by molar-refractivity contribution is -0.286. The van der Waals surface area contributed by atoms with E-state index in [0.29, 0.717) is 32.6 Å². The molecule has 21 heteroatoms. The largest absolute Gasteiger partial charge is 0.586 e. The summed E-state index contributed by atoms with van der Waals surface area (Å²) in [6.45, 7) is 3.41. The van der Waals surface area contributed by atoms with Crippen molar-refractivity contribution in [3.63, 3.8) is 0 Å². The normalized spacial score (nSPS) is 30.3. The van der Waals surface area contributed by atoms with Gasteiger partial charge in [0, 0.05) is 29.3 Å². The van der Waals surface area contributed by atoms with Gasteiger partial charge in [-0.1, -0.05) is 26.0 Å². The third-order valence-electron chi connectivity index (χ3n) is 11.5. The zero-order chi connectivity index (χ0) is 42.1. The number of hydrogen-bond acceptors (Lipinski definition) is 10. The van der Waals surface area contributed by atoms with Crippen LogP contribution in [0, 0.1) is 17.8 Å². The van der Waals surface area contributed by atoms with Crippen molar-refractivity contribution in [2.75, 3.05) is 6.54 Å². The van der Waals surface area contributed by atoms with Crippen molar-refractivity contribution in [2.24, 2.45) is 17.8 Å². The smallest absolute Gasteiger partial charge is 0.472 e. The molecule has 5 aliphatic rings. The first-order chi connectivity index (χ1) is 27.1. The van der Waals surface area contributed by atoms with Crippen LogP contribution >= 0.6 is 0 Å². The van der Waals surface area contributed by atoms with Crippen molar-refractivity contribution < 1.29 is 68.9 Å². The number of alkyl halides is 5. The molecule has 0 radical (unpaired) electrons. The van der Waals surface area contributed by atoms with E-state index in [1.54, 1.807) is 19.1 Å². The van der Waals surface area contributed by atoms with Crippen molar-refractivity contribution >= 4 is 44.6 Å². The minimum atomic E-state index is -5.08. The summed E-state index contributed by atoms with van der Waals surface area (Å²) in [5, 5.41) is 12.4. The molecule has 316 valence electrons. The fraction of sp³-hybridized carbons (Fsp3) is 0.595. The lowest BCUT2D eigenvalue weighted by Gasteiger charge is -2.40. The highest BCUT2D eigenvalue weighted by atomic mass is 32.2. The number of carbonyl (C=O) groups is 4. The van der Waals surface area contributed by atoms with Gasteiger partial charge in [0.2, 0.25) is 27.7 Å². The van der Waals surface area contributed by atoms with Gasteiger partial charge in [-0.3, -0.25) is 24.0 Å². The van der Waals surface area contributed by atoms with Crippen LogP contribution in [0.15, 0.2) is 36.5 Å². The number of benzene rings is 1. The van der Waals surface area contributed by atoms with Gasteiger partial charge in [-0.2, -0.15) is 13.2 Å². The van der Waals surface area contributed by atoms with Gasteiger partial charge in [0.1, 0.15) is 29.8 Å². The number of allylic oxidation sites excluding steroid dienone is 1. The fourth-order valence-corrected chi connectivity index (χ4v) is 9.60. The zero-order valence-electron chi connectivity index (χ0n) is 31.5. The number of carbonyl (C=O) groups excluding carboxylic acids is 3. The molecule has 7 rings (SSSR count). The molecule has 2 aromatic rings. The average Bonchev–Trinajstić information content (AvgIpc) is 4.03. The van der Waals surface area contributed by atoms with Gasteiger partial charge in [0.25, 0.3) is 5.91 Å². The minimum absolute atomic E-state index is 0.00202. The van der Waals surface area contributed by atoms with E-state index < -0.39 is 99.7 Å². The molecule has 4 heterocycles. The third kappa shape index (κ3) is 7.92. The maximum Gasteiger partial charge on any atom is 0.586 e. The summed E-state index contributed by atoms with van der Waals surface area (Å²) in [7, 11) is -4.06. The van der Waals surface area contributed by atoms with E-state index in [0.717, 1.165) is 4.90 Å². The Kier molecular flexibility index (Phi) is 10.4. The standard InChI is InChI=1S/C37H42F5N5O10S/c1-18-6-4-5-7-21-16-35(21,33(50)45-58(53,54)23-8-9-23)44-30(48)26-15-22(55-31-25-10-11-27-29(24(25)12-13-43-31)57-37(41,42)56-27)17-46(26)32(49)28(19(2)14-18)47(34(51)52)20(3)36(38,39)40/h5,7,10-13,18-23,26,28H,4,6,8-9,14-17H2,1-3H3,(H,44,48)(H,45,50)(H,51,52)/t18-,19-,20-,21-,22-,26+,28+,35-/m1/s1. The Morgan fingerprint density at radius 2 is 1.83 bits per heavy atom. The van der Waals surface area contributed by atoms with Crippen molar-refractivity contribution in [1.82, 2.24) is 24.8 Å². The van der Waals surface area contributed by atoms with Crippen LogP contribution in [0.1, 0.15) is 65.7 Å². The van der Waals surface area contributed by atoms with Gasteiger partial charge in [-0.05, 0) is 75.5 Å². The molecule has 58 heavy (non-hydrogen) atoms. The fourth-order valence-electron chi connectivity index (χ4n) is 8.24. The lowest BCUT2D eigenvalue weighted by atomic mass is 9.86. The summed E-state index contributed by atoms with van der Waals surface area (Å²) < 4.78 is 114. The van der Waals surface area contributed by atoms with Crippen LogP contribution in [0.25, 0.3) is 10.8 Å². The molecule has 0 unspecified atom stereocenters.